The van der Waals surface area contributed by atoms with Gasteiger partial charge in [-0.05, 0) is 24.0 Å². The Morgan fingerprint density at radius 1 is 0.565 bits per heavy atom. The molecule has 23 heavy (non-hydrogen) atoms. The van der Waals surface area contributed by atoms with Gasteiger partial charge in [0.1, 0.15) is 0 Å². The molecule has 0 saturated carbocycles. The quantitative estimate of drug-likeness (QED) is 0.799. The third-order valence-electron chi connectivity index (χ3n) is 4.58. The van der Waals surface area contributed by atoms with Crippen LogP contribution in [0.15, 0.2) is 60.7 Å². The molecule has 1 fully saturated rings. The highest BCUT2D eigenvalue weighted by atomic mass is 35.5. The van der Waals surface area contributed by atoms with Crippen LogP contribution in [-0.2, 0) is 12.8 Å². The summed E-state index contributed by atoms with van der Waals surface area (Å²) in [6.45, 7) is 7.22. The Balaban J connectivity index is 0.00000192. The van der Waals surface area contributed by atoms with E-state index in [0.717, 1.165) is 0 Å². The largest absolute Gasteiger partial charge is 0.300 e. The Labute approximate surface area is 146 Å². The average molecular weight is 331 g/mol. The predicted molar refractivity (Wildman–Crippen MR) is 100 cm³/mol. The molecule has 2 aromatic carbocycles. The van der Waals surface area contributed by atoms with Crippen molar-refractivity contribution in [2.24, 2.45) is 0 Å². The summed E-state index contributed by atoms with van der Waals surface area (Å²) in [5, 5.41) is 0. The molecule has 2 aromatic rings. The van der Waals surface area contributed by atoms with Crippen molar-refractivity contribution in [2.75, 3.05) is 39.3 Å². The SMILES string of the molecule is Cl.c1ccc(CCN2CCN(CCc3ccccc3)CC2)cc1. The molecule has 0 spiro atoms. The van der Waals surface area contributed by atoms with Crippen LogP contribution in [0.1, 0.15) is 11.1 Å². The minimum Gasteiger partial charge on any atom is -0.300 e. The van der Waals surface area contributed by atoms with E-state index >= 15 is 0 Å². The van der Waals surface area contributed by atoms with Gasteiger partial charge in [0.2, 0.25) is 0 Å². The Bertz CT molecular complexity index is 485. The second-order valence-corrected chi connectivity index (χ2v) is 6.15. The van der Waals surface area contributed by atoms with E-state index in [1.165, 1.54) is 63.2 Å². The Hall–Kier alpha value is -1.35. The maximum Gasteiger partial charge on any atom is 0.0110 e. The van der Waals surface area contributed by atoms with E-state index in [0.29, 0.717) is 0 Å². The van der Waals surface area contributed by atoms with E-state index in [4.69, 9.17) is 0 Å². The smallest absolute Gasteiger partial charge is 0.0110 e. The van der Waals surface area contributed by atoms with Crippen LogP contribution in [0.3, 0.4) is 0 Å². The monoisotopic (exact) mass is 330 g/mol. The van der Waals surface area contributed by atoms with E-state index in [2.05, 4.69) is 70.5 Å². The lowest BCUT2D eigenvalue weighted by molar-refractivity contribution is 0.134. The van der Waals surface area contributed by atoms with Crippen molar-refractivity contribution in [3.8, 4) is 0 Å². The molecule has 3 heteroatoms. The van der Waals surface area contributed by atoms with Crippen molar-refractivity contribution < 1.29 is 0 Å². The van der Waals surface area contributed by atoms with Crippen LogP contribution in [0.25, 0.3) is 0 Å². The van der Waals surface area contributed by atoms with Gasteiger partial charge in [-0.1, -0.05) is 60.7 Å². The van der Waals surface area contributed by atoms with Crippen LogP contribution >= 0.6 is 12.4 Å². The number of benzene rings is 2. The number of rotatable bonds is 6. The first-order valence-corrected chi connectivity index (χ1v) is 8.43. The molecule has 124 valence electrons. The van der Waals surface area contributed by atoms with E-state index in [9.17, 15) is 0 Å². The van der Waals surface area contributed by atoms with Crippen LogP contribution in [-0.4, -0.2) is 49.1 Å². The molecular formula is C20H27ClN2. The lowest BCUT2D eigenvalue weighted by atomic mass is 10.1. The second-order valence-electron chi connectivity index (χ2n) is 6.15. The van der Waals surface area contributed by atoms with Gasteiger partial charge in [-0.3, -0.25) is 0 Å². The molecule has 2 nitrogen and oxygen atoms in total. The summed E-state index contributed by atoms with van der Waals surface area (Å²) in [5.41, 5.74) is 2.91. The number of nitrogens with zero attached hydrogens (tertiary/aromatic N) is 2. The summed E-state index contributed by atoms with van der Waals surface area (Å²) in [6.07, 6.45) is 2.34. The van der Waals surface area contributed by atoms with E-state index in [1.54, 1.807) is 0 Å². The fourth-order valence-electron chi connectivity index (χ4n) is 3.10. The topological polar surface area (TPSA) is 6.48 Å². The lowest BCUT2D eigenvalue weighted by Crippen LogP contribution is -2.47. The summed E-state index contributed by atoms with van der Waals surface area (Å²) < 4.78 is 0. The number of hydrogen-bond acceptors (Lipinski definition) is 2. The molecule has 1 aliphatic heterocycles. The molecule has 1 aliphatic rings. The summed E-state index contributed by atoms with van der Waals surface area (Å²) >= 11 is 0. The number of halogens is 1. The molecule has 1 heterocycles. The number of piperazine rings is 1. The van der Waals surface area contributed by atoms with Crippen molar-refractivity contribution in [3.63, 3.8) is 0 Å². The van der Waals surface area contributed by atoms with Crippen LogP contribution in [0.4, 0.5) is 0 Å². The molecule has 1 saturated heterocycles. The van der Waals surface area contributed by atoms with Crippen LogP contribution in [0, 0.1) is 0 Å². The van der Waals surface area contributed by atoms with Gasteiger partial charge in [-0.25, -0.2) is 0 Å². The van der Waals surface area contributed by atoms with E-state index < -0.39 is 0 Å². The van der Waals surface area contributed by atoms with Gasteiger partial charge in [-0.15, -0.1) is 12.4 Å². The zero-order valence-electron chi connectivity index (χ0n) is 13.7. The van der Waals surface area contributed by atoms with Crippen molar-refractivity contribution in [2.45, 2.75) is 12.8 Å². The Morgan fingerprint density at radius 2 is 0.913 bits per heavy atom. The fraction of sp³-hybridized carbons (Fsp3) is 0.400. The van der Waals surface area contributed by atoms with Crippen LogP contribution < -0.4 is 0 Å². The van der Waals surface area contributed by atoms with Gasteiger partial charge in [0.05, 0.1) is 0 Å². The van der Waals surface area contributed by atoms with Gasteiger partial charge in [0, 0.05) is 39.3 Å². The normalized spacial score (nSPS) is 16.0. The van der Waals surface area contributed by atoms with Crippen molar-refractivity contribution in [3.05, 3.63) is 71.8 Å². The fourth-order valence-corrected chi connectivity index (χ4v) is 3.10. The van der Waals surface area contributed by atoms with Crippen LogP contribution in [0.5, 0.6) is 0 Å². The van der Waals surface area contributed by atoms with Gasteiger partial charge < -0.3 is 9.80 Å². The zero-order valence-corrected chi connectivity index (χ0v) is 14.5. The predicted octanol–water partition coefficient (Wildman–Crippen LogP) is 3.51. The Morgan fingerprint density at radius 3 is 1.26 bits per heavy atom. The van der Waals surface area contributed by atoms with E-state index in [1.807, 2.05) is 0 Å². The summed E-state index contributed by atoms with van der Waals surface area (Å²) in [7, 11) is 0. The molecule has 0 atom stereocenters. The van der Waals surface area contributed by atoms with E-state index in [-0.39, 0.29) is 12.4 Å². The minimum atomic E-state index is 0. The molecule has 3 rings (SSSR count). The first-order valence-electron chi connectivity index (χ1n) is 8.43. The highest BCUT2D eigenvalue weighted by Gasteiger charge is 2.16. The molecule has 0 radical (unpaired) electrons. The molecule has 0 aromatic heterocycles. The average Bonchev–Trinajstić information content (AvgIpc) is 2.61. The molecule has 0 bridgehead atoms. The highest BCUT2D eigenvalue weighted by molar-refractivity contribution is 5.85. The zero-order chi connectivity index (χ0) is 15.0. The second kappa shape index (κ2) is 9.71. The minimum absolute atomic E-state index is 0. The van der Waals surface area contributed by atoms with Gasteiger partial charge in [-0.2, -0.15) is 0 Å². The molecule has 0 unspecified atom stereocenters. The van der Waals surface area contributed by atoms with Crippen molar-refractivity contribution in [1.29, 1.82) is 0 Å². The van der Waals surface area contributed by atoms with Crippen LogP contribution in [0.2, 0.25) is 0 Å². The maximum absolute atomic E-state index is 2.60. The van der Waals surface area contributed by atoms with Crippen molar-refractivity contribution in [1.82, 2.24) is 9.80 Å². The van der Waals surface area contributed by atoms with Gasteiger partial charge in [0.15, 0.2) is 0 Å². The molecular weight excluding hydrogens is 304 g/mol. The van der Waals surface area contributed by atoms with Gasteiger partial charge >= 0.3 is 0 Å². The standard InChI is InChI=1S/C20H26N2.ClH/c1-3-7-19(8-4-1)11-13-21-15-17-22(18-16-21)14-12-20-9-5-2-6-10-20;/h1-10H,11-18H2;1H. The summed E-state index contributed by atoms with van der Waals surface area (Å²) in [6, 6.07) is 21.7. The molecule has 0 amide bonds. The first-order chi connectivity index (χ1) is 10.9. The number of hydrogen-bond donors (Lipinski definition) is 0. The summed E-state index contributed by atoms with van der Waals surface area (Å²) in [5.74, 6) is 0. The maximum atomic E-state index is 2.60. The third kappa shape index (κ3) is 5.98. The van der Waals surface area contributed by atoms with Crippen molar-refractivity contribution >= 4 is 12.4 Å². The Kier molecular flexibility index (Phi) is 7.60. The molecule has 0 N–H and O–H groups in total. The lowest BCUT2D eigenvalue weighted by Gasteiger charge is -2.34. The van der Waals surface area contributed by atoms with Gasteiger partial charge in [0.25, 0.3) is 0 Å². The third-order valence-corrected chi connectivity index (χ3v) is 4.58. The highest BCUT2D eigenvalue weighted by Crippen LogP contribution is 2.07. The molecule has 0 aliphatic carbocycles. The first kappa shape index (κ1) is 18.0. The summed E-state index contributed by atoms with van der Waals surface area (Å²) in [4.78, 5) is 5.21.